The molecule has 0 radical (unpaired) electrons. The Morgan fingerprint density at radius 3 is 2.32 bits per heavy atom. The Morgan fingerprint density at radius 2 is 1.68 bits per heavy atom. The molecule has 0 heterocycles. The first kappa shape index (κ1) is 13.5. The fourth-order valence-electron chi connectivity index (χ4n) is 1.46. The highest BCUT2D eigenvalue weighted by Crippen LogP contribution is 2.21. The molecule has 0 aromatic heterocycles. The van der Waals surface area contributed by atoms with Crippen molar-refractivity contribution in [2.75, 3.05) is 12.9 Å². The number of methoxy groups -OCH3 is 1. The predicted octanol–water partition coefficient (Wildman–Crippen LogP) is 3.39. The summed E-state index contributed by atoms with van der Waals surface area (Å²) in [6.45, 7) is 0. The topological polar surface area (TPSA) is 35.5 Å². The number of carbonyl (C=O) groups excluding carboxylic acids is 1. The van der Waals surface area contributed by atoms with Crippen LogP contribution in [0.2, 0.25) is 0 Å². The minimum Gasteiger partial charge on any atom is -0.497 e. The molecule has 0 saturated carbocycles. The highest BCUT2D eigenvalue weighted by Gasteiger charge is 2.05. The molecule has 4 heteroatoms. The second kappa shape index (κ2) is 6.85. The van der Waals surface area contributed by atoms with E-state index < -0.39 is 0 Å². The van der Waals surface area contributed by atoms with E-state index in [9.17, 15) is 4.79 Å². The lowest BCUT2D eigenvalue weighted by molar-refractivity contribution is -0.131. The number of hydrogen-bond acceptors (Lipinski definition) is 4. The summed E-state index contributed by atoms with van der Waals surface area (Å²) in [5, 5.41) is 0. The van der Waals surface area contributed by atoms with Crippen LogP contribution in [-0.2, 0) is 4.79 Å². The fraction of sp³-hybridized carbons (Fsp3) is 0.133. The molecule has 0 bridgehead atoms. The van der Waals surface area contributed by atoms with Gasteiger partial charge in [-0.05, 0) is 36.4 Å². The Hall–Kier alpha value is -1.94. The molecular weight excluding hydrogens is 260 g/mol. The molecule has 98 valence electrons. The van der Waals surface area contributed by atoms with Crippen molar-refractivity contribution >= 4 is 17.7 Å². The van der Waals surface area contributed by atoms with Crippen molar-refractivity contribution in [2.45, 2.75) is 4.90 Å². The molecule has 0 N–H and O–H groups in total. The Balaban J connectivity index is 1.83. The first-order valence-electron chi connectivity index (χ1n) is 5.80. The smallest absolute Gasteiger partial charge is 0.321 e. The van der Waals surface area contributed by atoms with Gasteiger partial charge in [0.05, 0.1) is 12.9 Å². The van der Waals surface area contributed by atoms with E-state index in [0.29, 0.717) is 5.75 Å². The number of esters is 1. The van der Waals surface area contributed by atoms with Gasteiger partial charge in [0.1, 0.15) is 11.5 Å². The summed E-state index contributed by atoms with van der Waals surface area (Å²) in [6.07, 6.45) is 0. The fourth-order valence-corrected chi connectivity index (χ4v) is 2.14. The average Bonchev–Trinajstić information content (AvgIpc) is 2.47. The zero-order chi connectivity index (χ0) is 13.5. The summed E-state index contributed by atoms with van der Waals surface area (Å²) in [7, 11) is 1.62. The van der Waals surface area contributed by atoms with Crippen LogP contribution in [0.1, 0.15) is 0 Å². The van der Waals surface area contributed by atoms with Crippen molar-refractivity contribution in [3.05, 3.63) is 54.6 Å². The van der Waals surface area contributed by atoms with Crippen molar-refractivity contribution in [2.24, 2.45) is 0 Å². The van der Waals surface area contributed by atoms with Gasteiger partial charge in [-0.2, -0.15) is 0 Å². The molecule has 0 unspecified atom stereocenters. The van der Waals surface area contributed by atoms with E-state index in [1.807, 2.05) is 42.5 Å². The van der Waals surface area contributed by atoms with Crippen molar-refractivity contribution < 1.29 is 14.3 Å². The largest absolute Gasteiger partial charge is 0.497 e. The van der Waals surface area contributed by atoms with Crippen LogP contribution < -0.4 is 9.47 Å². The molecule has 0 aliphatic rings. The van der Waals surface area contributed by atoms with Crippen LogP contribution in [0.15, 0.2) is 59.5 Å². The number of carbonyl (C=O) groups is 1. The van der Waals surface area contributed by atoms with Crippen LogP contribution in [0.5, 0.6) is 11.5 Å². The Bertz CT molecular complexity index is 523. The van der Waals surface area contributed by atoms with Gasteiger partial charge in [0.2, 0.25) is 0 Å². The summed E-state index contributed by atoms with van der Waals surface area (Å²) in [4.78, 5) is 12.6. The van der Waals surface area contributed by atoms with E-state index in [1.54, 1.807) is 19.2 Å². The zero-order valence-corrected chi connectivity index (χ0v) is 11.4. The summed E-state index contributed by atoms with van der Waals surface area (Å²) < 4.78 is 10.3. The SMILES string of the molecule is COc1ccc(SCC(=O)Oc2ccccc2)cc1. The average molecular weight is 274 g/mol. The highest BCUT2D eigenvalue weighted by molar-refractivity contribution is 8.00. The second-order valence-corrected chi connectivity index (χ2v) is 4.80. The standard InChI is InChI=1S/C15H14O3S/c1-17-12-7-9-14(10-8-12)19-11-15(16)18-13-5-3-2-4-6-13/h2-10H,11H2,1H3. The van der Waals surface area contributed by atoms with Crippen LogP contribution >= 0.6 is 11.8 Å². The van der Waals surface area contributed by atoms with Crippen molar-refractivity contribution in [1.29, 1.82) is 0 Å². The summed E-state index contributed by atoms with van der Waals surface area (Å²) in [6, 6.07) is 16.6. The first-order chi connectivity index (χ1) is 9.28. The molecule has 0 atom stereocenters. The number of rotatable bonds is 5. The van der Waals surface area contributed by atoms with Crippen LogP contribution in [0.4, 0.5) is 0 Å². The molecular formula is C15H14O3S. The molecule has 0 fully saturated rings. The molecule has 2 rings (SSSR count). The zero-order valence-electron chi connectivity index (χ0n) is 10.5. The van der Waals surface area contributed by atoms with E-state index >= 15 is 0 Å². The molecule has 0 spiro atoms. The van der Waals surface area contributed by atoms with Crippen LogP contribution in [0, 0.1) is 0 Å². The monoisotopic (exact) mass is 274 g/mol. The van der Waals surface area contributed by atoms with Gasteiger partial charge in [-0.3, -0.25) is 4.79 Å². The number of hydrogen-bond donors (Lipinski definition) is 0. The van der Waals surface area contributed by atoms with Crippen LogP contribution in [0.25, 0.3) is 0 Å². The maximum Gasteiger partial charge on any atom is 0.321 e. The van der Waals surface area contributed by atoms with E-state index in [4.69, 9.17) is 9.47 Å². The third kappa shape index (κ3) is 4.34. The molecule has 19 heavy (non-hydrogen) atoms. The van der Waals surface area contributed by atoms with E-state index in [2.05, 4.69) is 0 Å². The maximum absolute atomic E-state index is 11.6. The van der Waals surface area contributed by atoms with Crippen molar-refractivity contribution in [1.82, 2.24) is 0 Å². The third-order valence-corrected chi connectivity index (χ3v) is 3.38. The van der Waals surface area contributed by atoms with Gasteiger partial charge in [-0.25, -0.2) is 0 Å². The molecule has 0 amide bonds. The molecule has 0 aliphatic carbocycles. The van der Waals surface area contributed by atoms with Gasteiger partial charge in [0, 0.05) is 4.90 Å². The van der Waals surface area contributed by atoms with E-state index in [0.717, 1.165) is 10.6 Å². The highest BCUT2D eigenvalue weighted by atomic mass is 32.2. The van der Waals surface area contributed by atoms with Crippen LogP contribution in [-0.4, -0.2) is 18.8 Å². The Morgan fingerprint density at radius 1 is 1.00 bits per heavy atom. The van der Waals surface area contributed by atoms with Gasteiger partial charge in [-0.15, -0.1) is 11.8 Å². The number of benzene rings is 2. The van der Waals surface area contributed by atoms with Gasteiger partial charge in [0.25, 0.3) is 0 Å². The number of thioether (sulfide) groups is 1. The minimum atomic E-state index is -0.257. The van der Waals surface area contributed by atoms with E-state index in [1.165, 1.54) is 11.8 Å². The van der Waals surface area contributed by atoms with Gasteiger partial charge < -0.3 is 9.47 Å². The second-order valence-electron chi connectivity index (χ2n) is 3.75. The molecule has 0 saturated heterocycles. The lowest BCUT2D eigenvalue weighted by Crippen LogP contribution is -2.10. The summed E-state index contributed by atoms with van der Waals surface area (Å²) in [5.41, 5.74) is 0. The molecule has 3 nitrogen and oxygen atoms in total. The van der Waals surface area contributed by atoms with Gasteiger partial charge in [0.15, 0.2) is 0 Å². The minimum absolute atomic E-state index is 0.257. The molecule has 0 aliphatic heterocycles. The summed E-state index contributed by atoms with van der Waals surface area (Å²) >= 11 is 1.44. The van der Waals surface area contributed by atoms with Crippen LogP contribution in [0.3, 0.4) is 0 Å². The lowest BCUT2D eigenvalue weighted by atomic mass is 10.3. The Labute approximate surface area is 116 Å². The maximum atomic E-state index is 11.6. The van der Waals surface area contributed by atoms with Gasteiger partial charge >= 0.3 is 5.97 Å². The molecule has 2 aromatic carbocycles. The number of para-hydroxylation sites is 1. The predicted molar refractivity (Wildman–Crippen MR) is 75.8 cm³/mol. The van der Waals surface area contributed by atoms with Crippen molar-refractivity contribution in [3.8, 4) is 11.5 Å². The first-order valence-corrected chi connectivity index (χ1v) is 6.79. The number of ether oxygens (including phenoxy) is 2. The quantitative estimate of drug-likeness (QED) is 0.475. The Kier molecular flexibility index (Phi) is 4.86. The lowest BCUT2D eigenvalue weighted by Gasteiger charge is -2.04. The van der Waals surface area contributed by atoms with E-state index in [-0.39, 0.29) is 11.7 Å². The van der Waals surface area contributed by atoms with Gasteiger partial charge in [-0.1, -0.05) is 18.2 Å². The van der Waals surface area contributed by atoms with Crippen molar-refractivity contribution in [3.63, 3.8) is 0 Å². The molecule has 2 aromatic rings. The summed E-state index contributed by atoms with van der Waals surface area (Å²) in [5.74, 6) is 1.40. The normalized spacial score (nSPS) is 9.95. The third-order valence-electron chi connectivity index (χ3n) is 2.39.